The van der Waals surface area contributed by atoms with Gasteiger partial charge in [-0.25, -0.2) is 23.0 Å². The average molecular weight is 519 g/mol. The zero-order valence-corrected chi connectivity index (χ0v) is 21.0. The Kier molecular flexibility index (Phi) is 7.54. The Bertz CT molecular complexity index is 1540. The Morgan fingerprint density at radius 2 is 1.51 bits per heavy atom. The maximum atomic E-state index is 13.4. The number of aryl methyl sites for hydroxylation is 1. The van der Waals surface area contributed by atoms with Crippen LogP contribution in [0.2, 0.25) is 0 Å². The number of sulfone groups is 1. The van der Waals surface area contributed by atoms with Crippen LogP contribution in [-0.2, 0) is 22.8 Å². The van der Waals surface area contributed by atoms with Crippen LogP contribution in [0, 0.1) is 0 Å². The molecule has 3 aromatic carbocycles. The van der Waals surface area contributed by atoms with Gasteiger partial charge in [0, 0.05) is 13.0 Å². The first-order valence-corrected chi connectivity index (χ1v) is 13.3. The lowest BCUT2D eigenvalue weighted by molar-refractivity contribution is 0.0675. The van der Waals surface area contributed by atoms with E-state index < -0.39 is 26.8 Å². The summed E-state index contributed by atoms with van der Waals surface area (Å²) in [7, 11) is -4.16. The predicted octanol–water partition coefficient (Wildman–Crippen LogP) is 5.17. The first-order valence-electron chi connectivity index (χ1n) is 11.8. The Balaban J connectivity index is 1.77. The number of carboxylic acids is 2. The minimum Gasteiger partial charge on any atom is -0.478 e. The third-order valence-corrected chi connectivity index (χ3v) is 7.73. The first-order chi connectivity index (χ1) is 17.7. The molecule has 0 radical (unpaired) electrons. The summed E-state index contributed by atoms with van der Waals surface area (Å²) in [5.41, 5.74) is 1.78. The smallest absolute Gasteiger partial charge is 0.355 e. The molecule has 4 aromatic rings. The average Bonchev–Trinajstić information content (AvgIpc) is 3.27. The number of benzene rings is 3. The Morgan fingerprint density at radius 3 is 2.14 bits per heavy atom. The lowest BCUT2D eigenvalue weighted by Gasteiger charge is -2.12. The van der Waals surface area contributed by atoms with Crippen LogP contribution in [-0.4, -0.2) is 40.1 Å². The molecule has 1 heterocycles. The van der Waals surface area contributed by atoms with E-state index in [0.29, 0.717) is 29.8 Å². The van der Waals surface area contributed by atoms with Crippen LogP contribution in [0.5, 0.6) is 0 Å². The summed E-state index contributed by atoms with van der Waals surface area (Å²) in [4.78, 5) is 28.3. The largest absolute Gasteiger partial charge is 0.478 e. The fourth-order valence-corrected chi connectivity index (χ4v) is 5.59. The summed E-state index contributed by atoms with van der Waals surface area (Å²) in [6, 6.07) is 21.4. The van der Waals surface area contributed by atoms with Crippen molar-refractivity contribution in [2.45, 2.75) is 42.7 Å². The minimum atomic E-state index is -4.16. The second-order valence-electron chi connectivity index (χ2n) is 8.54. The highest BCUT2D eigenvalue weighted by molar-refractivity contribution is 7.91. The van der Waals surface area contributed by atoms with Crippen molar-refractivity contribution in [3.05, 3.63) is 102 Å². The molecule has 0 amide bonds. The number of rotatable bonds is 10. The molecule has 0 spiro atoms. The summed E-state index contributed by atoms with van der Waals surface area (Å²) in [6.45, 7) is 2.08. The normalized spacial score (nSPS) is 11.4. The van der Waals surface area contributed by atoms with Gasteiger partial charge in [-0.15, -0.1) is 0 Å². The molecule has 2 N–H and O–H groups in total. The SMILES string of the molecule is CCCCc1nc(S(=O)(=O)c2ccccc2)c(C(=O)O)n1Cc1ccc(-c2ccccc2C(=O)O)cc1. The quantitative estimate of drug-likeness (QED) is 0.296. The van der Waals surface area contributed by atoms with Crippen molar-refractivity contribution in [3.63, 3.8) is 0 Å². The third kappa shape index (κ3) is 5.31. The van der Waals surface area contributed by atoms with Gasteiger partial charge in [-0.1, -0.05) is 74.0 Å². The predicted molar refractivity (Wildman–Crippen MR) is 138 cm³/mol. The van der Waals surface area contributed by atoms with Gasteiger partial charge >= 0.3 is 11.9 Å². The summed E-state index contributed by atoms with van der Waals surface area (Å²) in [5, 5.41) is 19.1. The molecule has 0 aliphatic carbocycles. The van der Waals surface area contributed by atoms with Gasteiger partial charge in [-0.05, 0) is 41.3 Å². The van der Waals surface area contributed by atoms with E-state index in [4.69, 9.17) is 0 Å². The fraction of sp³-hybridized carbons (Fsp3) is 0.179. The molecule has 0 unspecified atom stereocenters. The van der Waals surface area contributed by atoms with Crippen LogP contribution < -0.4 is 0 Å². The molecule has 190 valence electrons. The monoisotopic (exact) mass is 518 g/mol. The number of unbranched alkanes of at least 4 members (excludes halogenated alkanes) is 1. The van der Waals surface area contributed by atoms with Gasteiger partial charge in [-0.3, -0.25) is 0 Å². The molecule has 0 saturated heterocycles. The van der Waals surface area contributed by atoms with Gasteiger partial charge in [-0.2, -0.15) is 0 Å². The maximum Gasteiger partial charge on any atom is 0.355 e. The van der Waals surface area contributed by atoms with E-state index in [1.54, 1.807) is 60.7 Å². The topological polar surface area (TPSA) is 127 Å². The van der Waals surface area contributed by atoms with E-state index in [1.165, 1.54) is 22.8 Å². The molecule has 8 nitrogen and oxygen atoms in total. The molecule has 0 aliphatic heterocycles. The zero-order valence-electron chi connectivity index (χ0n) is 20.2. The number of carbonyl (C=O) groups is 2. The van der Waals surface area contributed by atoms with Crippen LogP contribution in [0.25, 0.3) is 11.1 Å². The zero-order chi connectivity index (χ0) is 26.6. The van der Waals surface area contributed by atoms with Gasteiger partial charge < -0.3 is 14.8 Å². The number of carboxylic acid groups (broad SMARTS) is 2. The highest BCUT2D eigenvalue weighted by Gasteiger charge is 2.32. The fourth-order valence-electron chi connectivity index (χ4n) is 4.17. The highest BCUT2D eigenvalue weighted by Crippen LogP contribution is 2.28. The first kappa shape index (κ1) is 25.8. The molecule has 0 bridgehead atoms. The number of imidazole rings is 1. The molecular weight excluding hydrogens is 492 g/mol. The van der Waals surface area contributed by atoms with Crippen molar-refractivity contribution in [3.8, 4) is 11.1 Å². The van der Waals surface area contributed by atoms with Crippen molar-refractivity contribution in [1.82, 2.24) is 9.55 Å². The Labute approximate surface area is 214 Å². The van der Waals surface area contributed by atoms with Crippen LogP contribution in [0.1, 0.15) is 52.0 Å². The van der Waals surface area contributed by atoms with Crippen molar-refractivity contribution in [2.24, 2.45) is 0 Å². The molecular formula is C28H26N2O6S. The van der Waals surface area contributed by atoms with E-state index in [9.17, 15) is 28.2 Å². The molecule has 0 atom stereocenters. The molecule has 1 aromatic heterocycles. The highest BCUT2D eigenvalue weighted by atomic mass is 32.2. The summed E-state index contributed by atoms with van der Waals surface area (Å²) < 4.78 is 28.2. The van der Waals surface area contributed by atoms with Crippen LogP contribution >= 0.6 is 0 Å². The van der Waals surface area contributed by atoms with Gasteiger partial charge in [0.05, 0.1) is 10.5 Å². The molecule has 0 saturated carbocycles. The van der Waals surface area contributed by atoms with E-state index in [0.717, 1.165) is 12.0 Å². The Hall–Kier alpha value is -4.24. The van der Waals surface area contributed by atoms with Crippen LogP contribution in [0.4, 0.5) is 0 Å². The summed E-state index contributed by atoms with van der Waals surface area (Å²) in [6.07, 6.45) is 1.96. The lowest BCUT2D eigenvalue weighted by Crippen LogP contribution is -2.15. The molecule has 37 heavy (non-hydrogen) atoms. The second-order valence-corrected chi connectivity index (χ2v) is 10.4. The standard InChI is InChI=1S/C28H26N2O6S/c1-2-3-13-24-29-26(37(35,36)21-9-5-4-6-10-21)25(28(33)34)30(24)18-19-14-16-20(17-15-19)22-11-7-8-12-23(22)27(31)32/h4-12,14-17H,2-3,13,18H2,1H3,(H,31,32)(H,33,34). The number of hydrogen-bond acceptors (Lipinski definition) is 5. The van der Waals surface area contributed by atoms with Gasteiger partial charge in [0.25, 0.3) is 0 Å². The maximum absolute atomic E-state index is 13.4. The lowest BCUT2D eigenvalue weighted by atomic mass is 9.99. The van der Waals surface area contributed by atoms with Crippen molar-refractivity contribution in [1.29, 1.82) is 0 Å². The second kappa shape index (κ2) is 10.8. The number of aromatic nitrogens is 2. The molecule has 0 aliphatic rings. The third-order valence-electron chi connectivity index (χ3n) is 6.04. The molecule has 4 rings (SSSR count). The molecule has 9 heteroatoms. The van der Waals surface area contributed by atoms with E-state index in [-0.39, 0.29) is 22.7 Å². The summed E-state index contributed by atoms with van der Waals surface area (Å²) >= 11 is 0. The van der Waals surface area contributed by atoms with Crippen LogP contribution in [0.3, 0.4) is 0 Å². The van der Waals surface area contributed by atoms with E-state index in [2.05, 4.69) is 4.98 Å². The van der Waals surface area contributed by atoms with Crippen molar-refractivity contribution in [2.75, 3.05) is 0 Å². The van der Waals surface area contributed by atoms with Crippen molar-refractivity contribution < 1.29 is 28.2 Å². The van der Waals surface area contributed by atoms with Gasteiger partial charge in [0.2, 0.25) is 9.84 Å². The van der Waals surface area contributed by atoms with Gasteiger partial charge in [0.1, 0.15) is 5.82 Å². The minimum absolute atomic E-state index is 0.0226. The summed E-state index contributed by atoms with van der Waals surface area (Å²) in [5.74, 6) is -2.03. The Morgan fingerprint density at radius 1 is 0.865 bits per heavy atom. The number of nitrogens with zero attached hydrogens (tertiary/aromatic N) is 2. The number of hydrogen-bond donors (Lipinski definition) is 2. The van der Waals surface area contributed by atoms with Crippen molar-refractivity contribution >= 4 is 21.8 Å². The molecule has 0 fully saturated rings. The van der Waals surface area contributed by atoms with E-state index in [1.807, 2.05) is 6.92 Å². The number of aromatic carboxylic acids is 2. The van der Waals surface area contributed by atoms with Gasteiger partial charge in [0.15, 0.2) is 10.7 Å². The van der Waals surface area contributed by atoms with Crippen LogP contribution in [0.15, 0.2) is 88.8 Å². The van der Waals surface area contributed by atoms with E-state index >= 15 is 0 Å².